The molecule has 0 aliphatic carbocycles. The summed E-state index contributed by atoms with van der Waals surface area (Å²) in [5.74, 6) is 0. The summed E-state index contributed by atoms with van der Waals surface area (Å²) in [6, 6.07) is 0. The number of rotatable bonds is 1. The van der Waals surface area contributed by atoms with E-state index < -0.39 is 7.58 Å². The molecule has 0 heterocycles. The second kappa shape index (κ2) is 2.89. The minimum absolute atomic E-state index is 0.423. The first-order chi connectivity index (χ1) is 2.64. The van der Waals surface area contributed by atoms with Gasteiger partial charge in [0.1, 0.15) is 0 Å². The first-order valence-electron chi connectivity index (χ1n) is 1.04. The van der Waals surface area contributed by atoms with Gasteiger partial charge in [0.15, 0.2) is 0 Å². The maximum atomic E-state index is 9.77. The molecule has 0 aromatic heterocycles. The average Bonchev–Trinajstić information content (AvgIpc) is 1.36. The van der Waals surface area contributed by atoms with E-state index in [-0.39, 0.29) is 0 Å². The molecule has 0 rings (SSSR count). The summed E-state index contributed by atoms with van der Waals surface area (Å²) in [5.41, 5.74) is 0. The second-order valence-electron chi connectivity index (χ2n) is 0.547. The van der Waals surface area contributed by atoms with Crippen LogP contribution >= 0.6 is 45.2 Å². The van der Waals surface area contributed by atoms with E-state index in [4.69, 9.17) is 0 Å². The van der Waals surface area contributed by atoms with Gasteiger partial charge in [0.05, 0.1) is 0 Å². The van der Waals surface area contributed by atoms with Crippen molar-refractivity contribution in [2.75, 3.05) is 0 Å². The Labute approximate surface area is 62.0 Å². The number of carbonyl (C=O) groups excluding carboxylic acids is 2. The lowest BCUT2D eigenvalue weighted by Crippen LogP contribution is -1.92. The average molecular weight is 310 g/mol. The molecule has 0 aliphatic heterocycles. The van der Waals surface area contributed by atoms with Gasteiger partial charge in [0, 0.05) is 45.2 Å². The van der Waals surface area contributed by atoms with Gasteiger partial charge in [-0.25, -0.2) is 0 Å². The number of carbonyl (C=O) groups is 2. The first kappa shape index (κ1) is 6.80. The van der Waals surface area contributed by atoms with Crippen molar-refractivity contribution >= 4 is 52.8 Å². The smallest absolute Gasteiger partial charge is 0.268 e. The Balaban J connectivity index is 3.57. The Morgan fingerprint density at radius 1 is 1.00 bits per heavy atom. The molecular weight excluding hydrogens is 310 g/mol. The van der Waals surface area contributed by atoms with Crippen molar-refractivity contribution in [3.8, 4) is 0 Å². The summed E-state index contributed by atoms with van der Waals surface area (Å²) in [4.78, 5) is 19.5. The van der Waals surface area contributed by atoms with Crippen LogP contribution < -0.4 is 0 Å². The van der Waals surface area contributed by atoms with Gasteiger partial charge in [-0.05, 0) is 0 Å². The zero-order valence-electron chi connectivity index (χ0n) is 2.57. The normalized spacial score (nSPS) is 7.67. The molecule has 0 aromatic carbocycles. The van der Waals surface area contributed by atoms with Crippen molar-refractivity contribution in [2.24, 2.45) is 0 Å². The summed E-state index contributed by atoms with van der Waals surface area (Å²) in [7, 11) is 0. The van der Waals surface area contributed by atoms with Crippen LogP contribution in [-0.2, 0) is 9.59 Å². The Kier molecular flexibility index (Phi) is 3.28. The van der Waals surface area contributed by atoms with Crippen molar-refractivity contribution in [2.45, 2.75) is 0 Å². The lowest BCUT2D eigenvalue weighted by molar-refractivity contribution is -0.124. The van der Waals surface area contributed by atoms with E-state index in [0.717, 1.165) is 0 Å². The Morgan fingerprint density at radius 3 is 1.17 bits per heavy atom. The molecule has 0 saturated heterocycles. The van der Waals surface area contributed by atoms with E-state index in [0.29, 0.717) is 0 Å². The van der Waals surface area contributed by atoms with Crippen LogP contribution in [0.4, 0.5) is 0 Å². The van der Waals surface area contributed by atoms with Gasteiger partial charge in [-0.1, -0.05) is 0 Å². The third-order valence-corrected chi connectivity index (χ3v) is 2.17. The molecule has 0 radical (unpaired) electrons. The molecule has 0 aliphatic rings. The predicted molar refractivity (Wildman–Crippen MR) is 38.1 cm³/mol. The fraction of sp³-hybridized carbons (Fsp3) is 0. The van der Waals surface area contributed by atoms with Crippen LogP contribution in [0.1, 0.15) is 0 Å². The standard InChI is InChI=1S/C2I2O2/c3-1(5)2(4)6. The van der Waals surface area contributed by atoms with E-state index in [9.17, 15) is 9.59 Å². The minimum Gasteiger partial charge on any atom is -0.278 e. The van der Waals surface area contributed by atoms with Crippen LogP contribution in [0.15, 0.2) is 0 Å². The van der Waals surface area contributed by atoms with Gasteiger partial charge in [0.25, 0.3) is 7.58 Å². The highest BCUT2D eigenvalue weighted by molar-refractivity contribution is 14.1. The molecule has 0 N–H and O–H groups in total. The fourth-order valence-electron chi connectivity index (χ4n) is 0. The van der Waals surface area contributed by atoms with Crippen LogP contribution in [0, 0.1) is 0 Å². The van der Waals surface area contributed by atoms with E-state index in [1.165, 1.54) is 45.2 Å². The fourth-order valence-corrected chi connectivity index (χ4v) is 0. The highest BCUT2D eigenvalue weighted by atomic mass is 127. The maximum absolute atomic E-state index is 9.77. The van der Waals surface area contributed by atoms with Crippen LogP contribution in [-0.4, -0.2) is 7.58 Å². The molecule has 0 spiro atoms. The number of hydrogen-bond donors (Lipinski definition) is 0. The zero-order chi connectivity index (χ0) is 5.15. The molecule has 0 atom stereocenters. The van der Waals surface area contributed by atoms with Crippen molar-refractivity contribution in [3.05, 3.63) is 0 Å². The van der Waals surface area contributed by atoms with Gasteiger partial charge in [-0.2, -0.15) is 0 Å². The summed E-state index contributed by atoms with van der Waals surface area (Å²) in [5, 5.41) is 0. The van der Waals surface area contributed by atoms with Crippen molar-refractivity contribution in [1.29, 1.82) is 0 Å². The lowest BCUT2D eigenvalue weighted by Gasteiger charge is -1.68. The van der Waals surface area contributed by atoms with E-state index in [2.05, 4.69) is 0 Å². The summed E-state index contributed by atoms with van der Waals surface area (Å²) < 4.78 is -0.846. The molecule has 0 aromatic rings. The van der Waals surface area contributed by atoms with Gasteiger partial charge in [-0.3, -0.25) is 9.59 Å². The molecule has 6 heavy (non-hydrogen) atoms. The van der Waals surface area contributed by atoms with Crippen LogP contribution in [0.3, 0.4) is 0 Å². The first-order valence-corrected chi connectivity index (χ1v) is 3.19. The SMILES string of the molecule is O=C(I)C(=O)I. The van der Waals surface area contributed by atoms with E-state index in [1.54, 1.807) is 0 Å². The minimum atomic E-state index is -0.423. The quantitative estimate of drug-likeness (QED) is 0.410. The Hall–Kier alpha value is 0.800. The van der Waals surface area contributed by atoms with Crippen molar-refractivity contribution < 1.29 is 9.59 Å². The summed E-state index contributed by atoms with van der Waals surface area (Å²) >= 11 is 2.87. The summed E-state index contributed by atoms with van der Waals surface area (Å²) in [6.45, 7) is 0. The van der Waals surface area contributed by atoms with Crippen molar-refractivity contribution in [3.63, 3.8) is 0 Å². The molecule has 0 unspecified atom stereocenters. The van der Waals surface area contributed by atoms with Crippen molar-refractivity contribution in [1.82, 2.24) is 0 Å². The number of hydrogen-bond acceptors (Lipinski definition) is 2. The highest BCUT2D eigenvalue weighted by Crippen LogP contribution is 1.93. The molecule has 34 valence electrons. The second-order valence-corrected chi connectivity index (χ2v) is 2.51. The maximum Gasteiger partial charge on any atom is 0.268 e. The van der Waals surface area contributed by atoms with E-state index in [1.807, 2.05) is 0 Å². The molecular formula is C2I2O2. The van der Waals surface area contributed by atoms with Gasteiger partial charge >= 0.3 is 0 Å². The monoisotopic (exact) mass is 310 g/mol. The molecule has 2 nitrogen and oxygen atoms in total. The lowest BCUT2D eigenvalue weighted by atomic mass is 10.9. The topological polar surface area (TPSA) is 34.1 Å². The molecule has 4 heteroatoms. The van der Waals surface area contributed by atoms with Gasteiger partial charge in [-0.15, -0.1) is 0 Å². The predicted octanol–water partition coefficient (Wildman–Crippen LogP) is 0.910. The molecule has 0 saturated carbocycles. The molecule has 0 fully saturated rings. The summed E-state index contributed by atoms with van der Waals surface area (Å²) in [6.07, 6.45) is 0. The number of halogens is 2. The zero-order valence-corrected chi connectivity index (χ0v) is 6.89. The Morgan fingerprint density at radius 2 is 1.17 bits per heavy atom. The van der Waals surface area contributed by atoms with Crippen LogP contribution in [0.5, 0.6) is 0 Å². The molecule has 0 bridgehead atoms. The Bertz CT molecular complexity index is 75.5. The van der Waals surface area contributed by atoms with E-state index >= 15 is 0 Å². The van der Waals surface area contributed by atoms with Gasteiger partial charge < -0.3 is 0 Å². The molecule has 0 amide bonds. The van der Waals surface area contributed by atoms with Crippen LogP contribution in [0.25, 0.3) is 0 Å². The largest absolute Gasteiger partial charge is 0.278 e. The highest BCUT2D eigenvalue weighted by Gasteiger charge is 1.99. The third-order valence-electron chi connectivity index (χ3n) is 0.155. The van der Waals surface area contributed by atoms with Gasteiger partial charge in [0.2, 0.25) is 0 Å². The van der Waals surface area contributed by atoms with Crippen LogP contribution in [0.2, 0.25) is 0 Å². The third kappa shape index (κ3) is 3.01.